The van der Waals surface area contributed by atoms with Gasteiger partial charge in [-0.25, -0.2) is 0 Å². The first-order valence-corrected chi connectivity index (χ1v) is 6.96. The van der Waals surface area contributed by atoms with Crippen LogP contribution in [0, 0.1) is 12.8 Å². The summed E-state index contributed by atoms with van der Waals surface area (Å²) in [6.45, 7) is 11.3. The molecule has 0 aliphatic carbocycles. The van der Waals surface area contributed by atoms with Crippen molar-refractivity contribution >= 4 is 5.78 Å². The monoisotopic (exact) mass is 262 g/mol. The lowest BCUT2D eigenvalue weighted by molar-refractivity contribution is 0.0938. The number of nitrogens with two attached hydrogens (primary N) is 1. The van der Waals surface area contributed by atoms with Crippen molar-refractivity contribution in [3.8, 4) is 0 Å². The van der Waals surface area contributed by atoms with E-state index in [0.29, 0.717) is 12.6 Å². The van der Waals surface area contributed by atoms with Crippen molar-refractivity contribution in [3.05, 3.63) is 34.4 Å². The number of hydrogen-bond acceptors (Lipinski definition) is 3. The number of ketones is 1. The Morgan fingerprint density at radius 1 is 1.26 bits per heavy atom. The van der Waals surface area contributed by atoms with Gasteiger partial charge in [0.25, 0.3) is 0 Å². The van der Waals surface area contributed by atoms with E-state index in [1.807, 2.05) is 20.8 Å². The molecule has 0 heterocycles. The van der Waals surface area contributed by atoms with Gasteiger partial charge in [-0.1, -0.05) is 39.8 Å². The van der Waals surface area contributed by atoms with Crippen molar-refractivity contribution in [3.63, 3.8) is 0 Å². The number of aryl methyl sites for hydroxylation is 1. The molecular weight excluding hydrogens is 236 g/mol. The molecule has 0 amide bonds. The topological polar surface area (TPSA) is 55.1 Å². The van der Waals surface area contributed by atoms with E-state index in [1.165, 1.54) is 5.56 Å². The molecule has 0 aromatic heterocycles. The number of benzene rings is 1. The van der Waals surface area contributed by atoms with Gasteiger partial charge in [0.2, 0.25) is 0 Å². The molecule has 1 aromatic rings. The highest BCUT2D eigenvalue weighted by atomic mass is 16.1. The molecule has 0 unspecified atom stereocenters. The molecule has 3 nitrogen and oxygen atoms in total. The standard InChI is InChI=1S/C16H26N2O/c1-10(2)16(19)15-12(5)6-13(7-14(15)8-17)9-18-11(3)4/h6-7,10-11,18H,8-9,17H2,1-5H3. The fourth-order valence-electron chi connectivity index (χ4n) is 2.17. The van der Waals surface area contributed by atoms with Crippen LogP contribution in [0.25, 0.3) is 0 Å². The summed E-state index contributed by atoms with van der Waals surface area (Å²) in [4.78, 5) is 12.3. The van der Waals surface area contributed by atoms with E-state index in [0.717, 1.165) is 23.2 Å². The van der Waals surface area contributed by atoms with Crippen LogP contribution >= 0.6 is 0 Å². The highest BCUT2D eigenvalue weighted by Crippen LogP contribution is 2.21. The largest absolute Gasteiger partial charge is 0.326 e. The van der Waals surface area contributed by atoms with Gasteiger partial charge in [-0.15, -0.1) is 0 Å². The Morgan fingerprint density at radius 3 is 2.37 bits per heavy atom. The number of hydrogen-bond donors (Lipinski definition) is 2. The molecule has 19 heavy (non-hydrogen) atoms. The lowest BCUT2D eigenvalue weighted by Crippen LogP contribution is -2.22. The zero-order valence-corrected chi connectivity index (χ0v) is 12.7. The lowest BCUT2D eigenvalue weighted by atomic mass is 9.90. The van der Waals surface area contributed by atoms with Crippen LogP contribution in [-0.4, -0.2) is 11.8 Å². The van der Waals surface area contributed by atoms with Gasteiger partial charge in [0, 0.05) is 30.6 Å². The molecule has 0 saturated heterocycles. The second-order valence-corrected chi connectivity index (χ2v) is 5.71. The van der Waals surface area contributed by atoms with Crippen molar-refractivity contribution in [2.75, 3.05) is 0 Å². The Kier molecular flexibility index (Phi) is 5.70. The van der Waals surface area contributed by atoms with E-state index in [4.69, 9.17) is 5.73 Å². The molecule has 106 valence electrons. The van der Waals surface area contributed by atoms with Crippen LogP contribution in [0.4, 0.5) is 0 Å². The summed E-state index contributed by atoms with van der Waals surface area (Å²) in [6.07, 6.45) is 0. The zero-order chi connectivity index (χ0) is 14.6. The van der Waals surface area contributed by atoms with Crippen LogP contribution < -0.4 is 11.1 Å². The Morgan fingerprint density at radius 2 is 1.89 bits per heavy atom. The van der Waals surface area contributed by atoms with Gasteiger partial charge < -0.3 is 11.1 Å². The smallest absolute Gasteiger partial charge is 0.165 e. The summed E-state index contributed by atoms with van der Waals surface area (Å²) in [5.74, 6) is 0.185. The van der Waals surface area contributed by atoms with Crippen LogP contribution in [0.2, 0.25) is 0 Å². The van der Waals surface area contributed by atoms with Crippen LogP contribution in [-0.2, 0) is 13.1 Å². The maximum Gasteiger partial charge on any atom is 0.165 e. The van der Waals surface area contributed by atoms with Gasteiger partial charge in [-0.3, -0.25) is 4.79 Å². The molecule has 0 radical (unpaired) electrons. The molecule has 0 saturated carbocycles. The predicted octanol–water partition coefficient (Wildman–Crippen LogP) is 2.79. The number of carbonyl (C=O) groups excluding carboxylic acids is 1. The minimum Gasteiger partial charge on any atom is -0.326 e. The third-order valence-corrected chi connectivity index (χ3v) is 3.18. The molecule has 0 bridgehead atoms. The lowest BCUT2D eigenvalue weighted by Gasteiger charge is -2.16. The van der Waals surface area contributed by atoms with Crippen molar-refractivity contribution in [1.82, 2.24) is 5.32 Å². The van der Waals surface area contributed by atoms with Gasteiger partial charge in [0.1, 0.15) is 0 Å². The van der Waals surface area contributed by atoms with Gasteiger partial charge in [-0.2, -0.15) is 0 Å². The highest BCUT2D eigenvalue weighted by Gasteiger charge is 2.17. The Balaban J connectivity index is 3.11. The average Bonchev–Trinajstić information content (AvgIpc) is 2.34. The molecule has 3 N–H and O–H groups in total. The maximum atomic E-state index is 12.3. The molecule has 3 heteroatoms. The number of rotatable bonds is 6. The van der Waals surface area contributed by atoms with E-state index >= 15 is 0 Å². The van der Waals surface area contributed by atoms with Gasteiger partial charge >= 0.3 is 0 Å². The second-order valence-electron chi connectivity index (χ2n) is 5.71. The van der Waals surface area contributed by atoms with Crippen LogP contribution in [0.15, 0.2) is 12.1 Å². The summed E-state index contributed by atoms with van der Waals surface area (Å²) in [5, 5.41) is 3.39. The van der Waals surface area contributed by atoms with Crippen LogP contribution in [0.5, 0.6) is 0 Å². The second kappa shape index (κ2) is 6.83. The Hall–Kier alpha value is -1.19. The summed E-state index contributed by atoms with van der Waals surface area (Å²) in [5.41, 5.74) is 9.80. The third-order valence-electron chi connectivity index (χ3n) is 3.18. The quantitative estimate of drug-likeness (QED) is 0.775. The van der Waals surface area contributed by atoms with Crippen molar-refractivity contribution < 1.29 is 4.79 Å². The first kappa shape index (κ1) is 15.9. The van der Waals surface area contributed by atoms with Gasteiger partial charge in [-0.05, 0) is 23.6 Å². The molecule has 0 atom stereocenters. The molecular formula is C16H26N2O. The van der Waals surface area contributed by atoms with Crippen molar-refractivity contribution in [2.45, 2.75) is 53.8 Å². The molecule has 1 rings (SSSR count). The number of Topliss-reactive ketones (excluding diaryl/α,β-unsaturated/α-hetero) is 1. The zero-order valence-electron chi connectivity index (χ0n) is 12.7. The minimum absolute atomic E-state index is 0.00337. The molecule has 0 aliphatic heterocycles. The summed E-state index contributed by atoms with van der Waals surface area (Å²) < 4.78 is 0. The molecule has 0 fully saturated rings. The summed E-state index contributed by atoms with van der Waals surface area (Å²) >= 11 is 0. The minimum atomic E-state index is 0.00337. The Labute approximate surface area is 116 Å². The van der Waals surface area contributed by atoms with Gasteiger partial charge in [0.15, 0.2) is 5.78 Å². The fraction of sp³-hybridized carbons (Fsp3) is 0.562. The van der Waals surface area contributed by atoms with E-state index in [1.54, 1.807) is 0 Å². The summed E-state index contributed by atoms with van der Waals surface area (Å²) in [6, 6.07) is 4.58. The highest BCUT2D eigenvalue weighted by molar-refractivity contribution is 6.00. The van der Waals surface area contributed by atoms with Crippen LogP contribution in [0.1, 0.15) is 54.7 Å². The van der Waals surface area contributed by atoms with E-state index < -0.39 is 0 Å². The molecule has 0 aliphatic rings. The predicted molar refractivity (Wildman–Crippen MR) is 80.2 cm³/mol. The van der Waals surface area contributed by atoms with E-state index in [9.17, 15) is 4.79 Å². The van der Waals surface area contributed by atoms with Crippen molar-refractivity contribution in [1.29, 1.82) is 0 Å². The average molecular weight is 262 g/mol. The number of carbonyl (C=O) groups is 1. The summed E-state index contributed by atoms with van der Waals surface area (Å²) in [7, 11) is 0. The molecule has 1 aromatic carbocycles. The van der Waals surface area contributed by atoms with E-state index in [-0.39, 0.29) is 11.7 Å². The fourth-order valence-corrected chi connectivity index (χ4v) is 2.17. The SMILES string of the molecule is Cc1cc(CNC(C)C)cc(CN)c1C(=O)C(C)C. The third kappa shape index (κ3) is 4.15. The Bertz CT molecular complexity index is 450. The molecule has 0 spiro atoms. The van der Waals surface area contributed by atoms with E-state index in [2.05, 4.69) is 31.3 Å². The first-order chi connectivity index (χ1) is 8.86. The first-order valence-electron chi connectivity index (χ1n) is 6.96. The van der Waals surface area contributed by atoms with Crippen molar-refractivity contribution in [2.24, 2.45) is 11.7 Å². The van der Waals surface area contributed by atoms with Crippen LogP contribution in [0.3, 0.4) is 0 Å². The normalized spacial score (nSPS) is 11.4. The van der Waals surface area contributed by atoms with Gasteiger partial charge in [0.05, 0.1) is 0 Å². The maximum absolute atomic E-state index is 12.3. The number of nitrogens with one attached hydrogen (secondary N) is 1.